The monoisotopic (exact) mass is 526 g/mol. The largest absolute Gasteiger partial charge is 0.388 e. The van der Waals surface area contributed by atoms with Crippen LogP contribution in [-0.4, -0.2) is 81.2 Å². The SMILES string of the molecule is [B][C@@H]1O[C@H](CC(C)(CCC)OP(C)(=O)C(CC)C(C)(C)OP(=O)(O)C(O)(CC)CC)[C@@H](O)[C@H]1O. The van der Waals surface area contributed by atoms with Gasteiger partial charge in [0.25, 0.3) is 0 Å². The zero-order valence-corrected chi connectivity index (χ0v) is 23.7. The Labute approximate surface area is 206 Å². The number of aliphatic hydroxyl groups excluding tert-OH is 2. The predicted octanol–water partition coefficient (Wildman–Crippen LogP) is 3.74. The van der Waals surface area contributed by atoms with Crippen LogP contribution in [0.15, 0.2) is 0 Å². The van der Waals surface area contributed by atoms with E-state index in [9.17, 15) is 29.3 Å². The van der Waals surface area contributed by atoms with Crippen molar-refractivity contribution in [3.63, 3.8) is 0 Å². The molecule has 0 spiro atoms. The quantitative estimate of drug-likeness (QED) is 0.197. The molecule has 9 nitrogen and oxygen atoms in total. The van der Waals surface area contributed by atoms with E-state index >= 15 is 0 Å². The minimum absolute atomic E-state index is 0.0245. The average Bonchev–Trinajstić information content (AvgIpc) is 2.92. The van der Waals surface area contributed by atoms with Gasteiger partial charge in [0.1, 0.15) is 14.0 Å². The second-order valence-corrected chi connectivity index (χ2v) is 15.0. The van der Waals surface area contributed by atoms with Gasteiger partial charge in [-0.3, -0.25) is 13.7 Å². The Bertz CT molecular complexity index is 761. The Hall–Kier alpha value is 0.245. The van der Waals surface area contributed by atoms with E-state index in [0.717, 1.165) is 0 Å². The molecule has 0 aliphatic carbocycles. The first-order valence-corrected chi connectivity index (χ1v) is 15.9. The minimum atomic E-state index is -4.50. The van der Waals surface area contributed by atoms with Gasteiger partial charge in [-0.15, -0.1) is 0 Å². The fourth-order valence-electron chi connectivity index (χ4n) is 5.09. The average molecular weight is 526 g/mol. The molecule has 1 rings (SSSR count). The first-order chi connectivity index (χ1) is 15.3. The van der Waals surface area contributed by atoms with Crippen LogP contribution in [-0.2, 0) is 22.9 Å². The highest BCUT2D eigenvalue weighted by molar-refractivity contribution is 7.59. The van der Waals surface area contributed by atoms with Crippen molar-refractivity contribution in [3.05, 3.63) is 0 Å². The summed E-state index contributed by atoms with van der Waals surface area (Å²) in [6.45, 7) is 13.3. The van der Waals surface area contributed by atoms with Gasteiger partial charge in [0, 0.05) is 19.1 Å². The van der Waals surface area contributed by atoms with Gasteiger partial charge in [-0.25, -0.2) is 0 Å². The molecular weight excluding hydrogens is 481 g/mol. The van der Waals surface area contributed by atoms with Crippen LogP contribution < -0.4 is 0 Å². The molecule has 1 saturated heterocycles. The third-order valence-corrected chi connectivity index (χ3v) is 12.3. The second kappa shape index (κ2) is 11.7. The van der Waals surface area contributed by atoms with Gasteiger partial charge in [0.2, 0.25) is 7.37 Å². The molecule has 1 fully saturated rings. The zero-order valence-electron chi connectivity index (χ0n) is 21.9. The lowest BCUT2D eigenvalue weighted by atomic mass is 9.89. The van der Waals surface area contributed by atoms with Gasteiger partial charge in [-0.2, -0.15) is 0 Å². The Balaban J connectivity index is 3.21. The Morgan fingerprint density at radius 2 is 1.56 bits per heavy atom. The van der Waals surface area contributed by atoms with Crippen molar-refractivity contribution in [3.8, 4) is 0 Å². The van der Waals surface area contributed by atoms with Gasteiger partial charge in [0.05, 0.1) is 29.1 Å². The van der Waals surface area contributed by atoms with E-state index in [0.29, 0.717) is 19.3 Å². The lowest BCUT2D eigenvalue weighted by Gasteiger charge is -2.44. The van der Waals surface area contributed by atoms with Crippen molar-refractivity contribution in [2.75, 3.05) is 6.66 Å². The van der Waals surface area contributed by atoms with Crippen LogP contribution in [0.1, 0.15) is 87.0 Å². The summed E-state index contributed by atoms with van der Waals surface area (Å²) in [6, 6.07) is -1.02. The zero-order chi connectivity index (χ0) is 26.8. The van der Waals surface area contributed by atoms with Gasteiger partial charge < -0.3 is 29.5 Å². The minimum Gasteiger partial charge on any atom is -0.388 e. The molecule has 0 amide bonds. The summed E-state index contributed by atoms with van der Waals surface area (Å²) in [6.07, 6.45) is -1.53. The molecular formula is C22H45BO9P2. The summed E-state index contributed by atoms with van der Waals surface area (Å²) < 4.78 is 44.5. The van der Waals surface area contributed by atoms with E-state index in [-0.39, 0.29) is 19.3 Å². The highest BCUT2D eigenvalue weighted by Gasteiger charge is 2.53. The molecule has 200 valence electrons. The lowest BCUT2D eigenvalue weighted by Crippen LogP contribution is -2.43. The molecule has 0 saturated carbocycles. The molecule has 34 heavy (non-hydrogen) atoms. The third kappa shape index (κ3) is 7.17. The van der Waals surface area contributed by atoms with Crippen molar-refractivity contribution in [2.45, 2.75) is 134 Å². The molecule has 0 aromatic rings. The third-order valence-electron chi connectivity index (χ3n) is 6.99. The summed E-state index contributed by atoms with van der Waals surface area (Å²) in [4.78, 5) is 10.6. The molecule has 4 N–H and O–H groups in total. The van der Waals surface area contributed by atoms with E-state index in [1.807, 2.05) is 6.92 Å². The second-order valence-electron chi connectivity index (χ2n) is 10.4. The molecule has 8 atom stereocenters. The van der Waals surface area contributed by atoms with Crippen LogP contribution in [0, 0.1) is 0 Å². The summed E-state index contributed by atoms with van der Waals surface area (Å²) in [5.41, 5.74) is -3.12. The van der Waals surface area contributed by atoms with Gasteiger partial charge in [0.15, 0.2) is 5.34 Å². The molecule has 2 radical (unpaired) electrons. The van der Waals surface area contributed by atoms with Crippen LogP contribution in [0.2, 0.25) is 0 Å². The first kappa shape index (κ1) is 32.3. The summed E-state index contributed by atoms with van der Waals surface area (Å²) >= 11 is 0. The predicted molar refractivity (Wildman–Crippen MR) is 134 cm³/mol. The maximum Gasteiger partial charge on any atom is 0.359 e. The van der Waals surface area contributed by atoms with E-state index in [2.05, 4.69) is 0 Å². The Morgan fingerprint density at radius 3 is 1.94 bits per heavy atom. The summed E-state index contributed by atoms with van der Waals surface area (Å²) in [7, 11) is -2.30. The van der Waals surface area contributed by atoms with Crippen molar-refractivity contribution in [1.29, 1.82) is 0 Å². The first-order valence-electron chi connectivity index (χ1n) is 12.2. The highest BCUT2D eigenvalue weighted by atomic mass is 31.2. The van der Waals surface area contributed by atoms with Gasteiger partial charge in [-0.05, 0) is 46.5 Å². The van der Waals surface area contributed by atoms with Crippen molar-refractivity contribution < 1.29 is 43.1 Å². The van der Waals surface area contributed by atoms with Gasteiger partial charge in [-0.1, -0.05) is 34.1 Å². The van der Waals surface area contributed by atoms with Crippen LogP contribution >= 0.6 is 15.0 Å². The fourth-order valence-corrected chi connectivity index (χ4v) is 9.92. The molecule has 1 heterocycles. The maximum atomic E-state index is 14.0. The molecule has 12 heteroatoms. The van der Waals surface area contributed by atoms with E-state index < -0.39 is 61.5 Å². The smallest absolute Gasteiger partial charge is 0.359 e. The number of aliphatic hydroxyl groups is 3. The van der Waals surface area contributed by atoms with Crippen molar-refractivity contribution >= 4 is 22.8 Å². The Morgan fingerprint density at radius 1 is 1.03 bits per heavy atom. The van der Waals surface area contributed by atoms with Crippen LogP contribution in [0.5, 0.6) is 0 Å². The van der Waals surface area contributed by atoms with Gasteiger partial charge >= 0.3 is 7.60 Å². The molecule has 4 unspecified atom stereocenters. The van der Waals surface area contributed by atoms with Crippen LogP contribution in [0.4, 0.5) is 0 Å². The van der Waals surface area contributed by atoms with E-state index in [4.69, 9.17) is 21.6 Å². The summed E-state index contributed by atoms with van der Waals surface area (Å²) in [5.74, 6) is 0. The number of rotatable bonds is 14. The van der Waals surface area contributed by atoms with E-state index in [1.54, 1.807) is 41.5 Å². The number of ether oxygens (including phenoxy) is 1. The molecule has 0 aromatic heterocycles. The molecule has 0 aromatic carbocycles. The van der Waals surface area contributed by atoms with Crippen LogP contribution in [0.25, 0.3) is 0 Å². The van der Waals surface area contributed by atoms with Crippen molar-refractivity contribution in [2.24, 2.45) is 0 Å². The van der Waals surface area contributed by atoms with E-state index in [1.165, 1.54) is 6.66 Å². The normalized spacial score (nSPS) is 30.4. The van der Waals surface area contributed by atoms with Crippen LogP contribution in [0.3, 0.4) is 0 Å². The molecule has 1 aliphatic heterocycles. The summed E-state index contributed by atoms with van der Waals surface area (Å²) in [5, 5.41) is 29.0. The maximum absolute atomic E-state index is 14.0. The fraction of sp³-hybridized carbons (Fsp3) is 1.00. The number of hydrogen-bond donors (Lipinski definition) is 4. The molecule has 1 aliphatic rings. The Kier molecular flexibility index (Phi) is 11.2. The molecule has 0 bridgehead atoms. The van der Waals surface area contributed by atoms with Crippen molar-refractivity contribution in [1.82, 2.24) is 0 Å². The topological polar surface area (TPSA) is 143 Å². The standard InChI is InChI=1S/C22H45BO9P2/c1-9-13-21(7,14-15-17(24)18(25)19(23)30-15)32-33(8,27)16(10-2)20(5,6)31-34(28,29)22(26,11-3)12-4/h15-19,24-26H,9-14H2,1-8H3,(H,28,29)/t15-,16?,17-,18-,19-,21?,33?/m1/s1. The lowest BCUT2D eigenvalue weighted by molar-refractivity contribution is -0.0366. The highest BCUT2D eigenvalue weighted by Crippen LogP contribution is 2.64. The number of hydrogen-bond acceptors (Lipinski definition) is 8.